The first-order valence-electron chi connectivity index (χ1n) is 6.65. The van der Waals surface area contributed by atoms with Crippen LogP contribution >= 0.6 is 0 Å². The SMILES string of the molecule is CC#CCCOc1c(F)cccc1CNCC(C)C. The molecule has 0 atom stereocenters. The molecule has 0 aromatic heterocycles. The molecule has 0 unspecified atom stereocenters. The predicted octanol–water partition coefficient (Wildman–Crippen LogP) is 3.36. The van der Waals surface area contributed by atoms with Crippen LogP contribution in [0.4, 0.5) is 4.39 Å². The van der Waals surface area contributed by atoms with Gasteiger partial charge in [-0.05, 0) is 25.5 Å². The molecule has 0 fully saturated rings. The van der Waals surface area contributed by atoms with Crippen LogP contribution < -0.4 is 10.1 Å². The number of nitrogens with one attached hydrogen (secondary N) is 1. The molecule has 1 aromatic rings. The maximum absolute atomic E-state index is 13.8. The summed E-state index contributed by atoms with van der Waals surface area (Å²) in [5, 5.41) is 3.30. The lowest BCUT2D eigenvalue weighted by Gasteiger charge is -2.13. The molecule has 0 bridgehead atoms. The van der Waals surface area contributed by atoms with E-state index in [1.807, 2.05) is 6.07 Å². The summed E-state index contributed by atoms with van der Waals surface area (Å²) < 4.78 is 19.3. The molecule has 19 heavy (non-hydrogen) atoms. The third-order valence-corrected chi connectivity index (χ3v) is 2.57. The molecule has 0 aliphatic carbocycles. The molecule has 0 heterocycles. The van der Waals surface area contributed by atoms with Crippen LogP contribution in [-0.2, 0) is 6.54 Å². The monoisotopic (exact) mass is 263 g/mol. The lowest BCUT2D eigenvalue weighted by Crippen LogP contribution is -2.19. The summed E-state index contributed by atoms with van der Waals surface area (Å²) in [5.41, 5.74) is 0.852. The smallest absolute Gasteiger partial charge is 0.165 e. The van der Waals surface area contributed by atoms with Gasteiger partial charge in [0, 0.05) is 18.5 Å². The van der Waals surface area contributed by atoms with Gasteiger partial charge in [-0.3, -0.25) is 0 Å². The molecule has 3 heteroatoms. The van der Waals surface area contributed by atoms with E-state index in [9.17, 15) is 4.39 Å². The highest BCUT2D eigenvalue weighted by atomic mass is 19.1. The number of hydrogen-bond donors (Lipinski definition) is 1. The molecule has 104 valence electrons. The van der Waals surface area contributed by atoms with Gasteiger partial charge in [0.25, 0.3) is 0 Å². The zero-order valence-electron chi connectivity index (χ0n) is 11.9. The molecule has 0 saturated carbocycles. The highest BCUT2D eigenvalue weighted by Gasteiger charge is 2.09. The van der Waals surface area contributed by atoms with E-state index in [2.05, 4.69) is 31.0 Å². The van der Waals surface area contributed by atoms with Gasteiger partial charge >= 0.3 is 0 Å². The van der Waals surface area contributed by atoms with E-state index in [-0.39, 0.29) is 5.82 Å². The Morgan fingerprint density at radius 1 is 1.37 bits per heavy atom. The van der Waals surface area contributed by atoms with Gasteiger partial charge in [0.15, 0.2) is 11.6 Å². The van der Waals surface area contributed by atoms with Crippen molar-refractivity contribution in [3.05, 3.63) is 29.6 Å². The van der Waals surface area contributed by atoms with E-state index < -0.39 is 0 Å². The van der Waals surface area contributed by atoms with Crippen molar-refractivity contribution in [2.24, 2.45) is 5.92 Å². The van der Waals surface area contributed by atoms with Crippen molar-refractivity contribution >= 4 is 0 Å². The molecule has 1 N–H and O–H groups in total. The van der Waals surface area contributed by atoms with E-state index in [4.69, 9.17) is 4.74 Å². The molecular weight excluding hydrogens is 241 g/mol. The third kappa shape index (κ3) is 5.76. The van der Waals surface area contributed by atoms with Gasteiger partial charge in [0.1, 0.15) is 0 Å². The van der Waals surface area contributed by atoms with Crippen molar-refractivity contribution in [3.8, 4) is 17.6 Å². The summed E-state index contributed by atoms with van der Waals surface area (Å²) >= 11 is 0. The lowest BCUT2D eigenvalue weighted by molar-refractivity contribution is 0.305. The van der Waals surface area contributed by atoms with Gasteiger partial charge in [-0.15, -0.1) is 11.8 Å². The van der Waals surface area contributed by atoms with Crippen LogP contribution in [0, 0.1) is 23.6 Å². The topological polar surface area (TPSA) is 21.3 Å². The summed E-state index contributed by atoms with van der Waals surface area (Å²) in [5.74, 6) is 6.30. The first-order valence-corrected chi connectivity index (χ1v) is 6.65. The summed E-state index contributed by atoms with van der Waals surface area (Å²) in [7, 11) is 0. The fourth-order valence-corrected chi connectivity index (χ4v) is 1.68. The Balaban J connectivity index is 2.62. The molecule has 0 radical (unpaired) electrons. The second kappa shape index (κ2) is 8.55. The number of hydrogen-bond acceptors (Lipinski definition) is 2. The summed E-state index contributed by atoms with van der Waals surface area (Å²) in [6.45, 7) is 7.99. The fraction of sp³-hybridized carbons (Fsp3) is 0.500. The minimum Gasteiger partial charge on any atom is -0.489 e. The van der Waals surface area contributed by atoms with Crippen molar-refractivity contribution in [1.29, 1.82) is 0 Å². The van der Waals surface area contributed by atoms with Crippen molar-refractivity contribution in [2.75, 3.05) is 13.2 Å². The minimum absolute atomic E-state index is 0.312. The Morgan fingerprint density at radius 3 is 2.84 bits per heavy atom. The zero-order valence-corrected chi connectivity index (χ0v) is 11.9. The summed E-state index contributed by atoms with van der Waals surface area (Å²) in [6.07, 6.45) is 0.615. The number of para-hydroxylation sites is 1. The third-order valence-electron chi connectivity index (χ3n) is 2.57. The van der Waals surface area contributed by atoms with Crippen LogP contribution in [0.15, 0.2) is 18.2 Å². The molecular formula is C16H22FNO. The molecule has 0 saturated heterocycles. The Hall–Kier alpha value is -1.53. The normalized spacial score (nSPS) is 10.2. The van der Waals surface area contributed by atoms with E-state index in [1.165, 1.54) is 6.07 Å². The Labute approximate surface area is 115 Å². The van der Waals surface area contributed by atoms with Gasteiger partial charge in [-0.25, -0.2) is 4.39 Å². The van der Waals surface area contributed by atoms with Gasteiger partial charge in [0.2, 0.25) is 0 Å². The second-order valence-corrected chi connectivity index (χ2v) is 4.78. The number of ether oxygens (including phenoxy) is 1. The quantitative estimate of drug-likeness (QED) is 0.601. The Kier molecular flexibility index (Phi) is 6.99. The van der Waals surface area contributed by atoms with Crippen molar-refractivity contribution < 1.29 is 9.13 Å². The van der Waals surface area contributed by atoms with E-state index >= 15 is 0 Å². The molecule has 0 aliphatic rings. The van der Waals surface area contributed by atoms with Crippen LogP contribution in [-0.4, -0.2) is 13.2 Å². The van der Waals surface area contributed by atoms with Crippen molar-refractivity contribution in [2.45, 2.75) is 33.7 Å². The maximum Gasteiger partial charge on any atom is 0.165 e. The summed E-state index contributed by atoms with van der Waals surface area (Å²) in [4.78, 5) is 0. The van der Waals surface area contributed by atoms with Gasteiger partial charge < -0.3 is 10.1 Å². The largest absolute Gasteiger partial charge is 0.489 e. The number of benzene rings is 1. The lowest BCUT2D eigenvalue weighted by atomic mass is 10.1. The maximum atomic E-state index is 13.8. The first-order chi connectivity index (χ1) is 9.15. The fourth-order valence-electron chi connectivity index (χ4n) is 1.68. The Bertz CT molecular complexity index is 446. The van der Waals surface area contributed by atoms with Crippen LogP contribution in [0.2, 0.25) is 0 Å². The standard InChI is InChI=1S/C16H22FNO/c1-4-5-6-10-19-16-14(8-7-9-15(16)17)12-18-11-13(2)3/h7-9,13,18H,6,10-12H2,1-3H3. The zero-order chi connectivity index (χ0) is 14.1. The van der Waals surface area contributed by atoms with Gasteiger partial charge in [0.05, 0.1) is 6.61 Å². The van der Waals surface area contributed by atoms with Crippen LogP contribution in [0.1, 0.15) is 32.8 Å². The van der Waals surface area contributed by atoms with Gasteiger partial charge in [-0.1, -0.05) is 26.0 Å². The van der Waals surface area contributed by atoms with Crippen LogP contribution in [0.3, 0.4) is 0 Å². The summed E-state index contributed by atoms with van der Waals surface area (Å²) in [6, 6.07) is 5.02. The van der Waals surface area contributed by atoms with Crippen LogP contribution in [0.5, 0.6) is 5.75 Å². The Morgan fingerprint density at radius 2 is 2.16 bits per heavy atom. The molecule has 0 amide bonds. The first kappa shape index (κ1) is 15.5. The van der Waals surface area contributed by atoms with E-state index in [1.54, 1.807) is 13.0 Å². The van der Waals surface area contributed by atoms with Crippen molar-refractivity contribution in [3.63, 3.8) is 0 Å². The molecule has 0 spiro atoms. The van der Waals surface area contributed by atoms with Gasteiger partial charge in [-0.2, -0.15) is 0 Å². The van der Waals surface area contributed by atoms with E-state index in [0.29, 0.717) is 31.2 Å². The second-order valence-electron chi connectivity index (χ2n) is 4.78. The highest BCUT2D eigenvalue weighted by Crippen LogP contribution is 2.22. The van der Waals surface area contributed by atoms with Crippen molar-refractivity contribution in [1.82, 2.24) is 5.32 Å². The average molecular weight is 263 g/mol. The number of rotatable bonds is 7. The van der Waals surface area contributed by atoms with E-state index in [0.717, 1.165) is 12.1 Å². The minimum atomic E-state index is -0.312. The average Bonchev–Trinajstić information content (AvgIpc) is 2.36. The molecule has 1 aromatic carbocycles. The van der Waals surface area contributed by atoms with Crippen LogP contribution in [0.25, 0.3) is 0 Å². The molecule has 1 rings (SSSR count). The number of halogens is 1. The highest BCUT2D eigenvalue weighted by molar-refractivity contribution is 5.35. The predicted molar refractivity (Wildman–Crippen MR) is 76.5 cm³/mol. The molecule has 2 nitrogen and oxygen atoms in total. The molecule has 0 aliphatic heterocycles.